The van der Waals surface area contributed by atoms with E-state index in [-0.39, 0.29) is 12.3 Å². The van der Waals surface area contributed by atoms with Crippen LogP contribution in [0.2, 0.25) is 0 Å². The van der Waals surface area contributed by atoms with Gasteiger partial charge in [0.25, 0.3) is 0 Å². The van der Waals surface area contributed by atoms with Crippen molar-refractivity contribution in [3.8, 4) is 0 Å². The average molecular weight is 271 g/mol. The first-order chi connectivity index (χ1) is 7.06. The van der Waals surface area contributed by atoms with Crippen molar-refractivity contribution in [2.24, 2.45) is 0 Å². The van der Waals surface area contributed by atoms with Crippen LogP contribution in [-0.4, -0.2) is 18.3 Å². The minimum Gasteiger partial charge on any atom is -0.461 e. The fourth-order valence-corrected chi connectivity index (χ4v) is 1.42. The van der Waals surface area contributed by atoms with Crippen LogP contribution >= 0.6 is 15.9 Å². The number of nitrogens with two attached hydrogens (primary N) is 1. The highest BCUT2D eigenvalue weighted by Crippen LogP contribution is 2.19. The third-order valence-electron chi connectivity index (χ3n) is 1.76. The van der Waals surface area contributed by atoms with E-state index in [4.69, 9.17) is 15.9 Å². The van der Waals surface area contributed by atoms with Gasteiger partial charge in [0.2, 0.25) is 0 Å². The zero-order chi connectivity index (χ0) is 11.4. The van der Waals surface area contributed by atoms with Crippen molar-refractivity contribution >= 4 is 33.3 Å². The van der Waals surface area contributed by atoms with Crippen LogP contribution in [0.4, 0.5) is 5.69 Å². The van der Waals surface area contributed by atoms with E-state index in [1.165, 1.54) is 0 Å². The fraction of sp³-hybridized carbons (Fsp3) is 0.200. The van der Waals surface area contributed by atoms with Gasteiger partial charge in [0.15, 0.2) is 0 Å². The lowest BCUT2D eigenvalue weighted by atomic mass is 10.1. The second kappa shape index (κ2) is 4.93. The summed E-state index contributed by atoms with van der Waals surface area (Å²) in [6.45, 7) is 1.94. The number of hydrogen-bond donors (Lipinski definition) is 2. The van der Waals surface area contributed by atoms with Crippen molar-refractivity contribution in [2.75, 3.05) is 12.3 Å². The Morgan fingerprint density at radius 1 is 1.60 bits per heavy atom. The molecule has 0 aromatic heterocycles. The first-order valence-corrected chi connectivity index (χ1v) is 5.16. The Balaban J connectivity index is 3.00. The van der Waals surface area contributed by atoms with E-state index in [9.17, 15) is 4.79 Å². The van der Waals surface area contributed by atoms with Gasteiger partial charge in [-0.1, -0.05) is 15.9 Å². The SMILES string of the molecule is CCOC(=O)C(=N)c1cc(Br)ccc1N. The predicted molar refractivity (Wildman–Crippen MR) is 62.0 cm³/mol. The van der Waals surface area contributed by atoms with Crippen LogP contribution in [0.5, 0.6) is 0 Å². The average Bonchev–Trinajstić information content (AvgIpc) is 2.21. The molecule has 15 heavy (non-hydrogen) atoms. The summed E-state index contributed by atoms with van der Waals surface area (Å²) in [6.07, 6.45) is 0. The second-order valence-corrected chi connectivity index (χ2v) is 3.74. The third kappa shape index (κ3) is 2.79. The minimum atomic E-state index is -0.665. The molecule has 1 aromatic rings. The van der Waals surface area contributed by atoms with Crippen LogP contribution in [0.1, 0.15) is 12.5 Å². The van der Waals surface area contributed by atoms with E-state index in [0.29, 0.717) is 11.3 Å². The number of esters is 1. The Kier molecular flexibility index (Phi) is 3.85. The Morgan fingerprint density at radius 3 is 2.87 bits per heavy atom. The van der Waals surface area contributed by atoms with Crippen molar-refractivity contribution in [3.63, 3.8) is 0 Å². The molecule has 0 saturated heterocycles. The van der Waals surface area contributed by atoms with E-state index in [1.807, 2.05) is 0 Å². The highest BCUT2D eigenvalue weighted by atomic mass is 79.9. The number of halogens is 1. The molecule has 0 saturated carbocycles. The monoisotopic (exact) mass is 270 g/mol. The maximum Gasteiger partial charge on any atom is 0.356 e. The molecule has 1 aromatic carbocycles. The summed E-state index contributed by atoms with van der Waals surface area (Å²) in [5, 5.41) is 7.60. The summed E-state index contributed by atoms with van der Waals surface area (Å²) < 4.78 is 5.48. The summed E-state index contributed by atoms with van der Waals surface area (Å²) in [4.78, 5) is 11.3. The van der Waals surface area contributed by atoms with E-state index in [2.05, 4.69) is 15.9 Å². The van der Waals surface area contributed by atoms with Crippen LogP contribution < -0.4 is 5.73 Å². The number of hydrogen-bond acceptors (Lipinski definition) is 4. The summed E-state index contributed by atoms with van der Waals surface area (Å²) >= 11 is 3.25. The molecular weight excluding hydrogens is 260 g/mol. The minimum absolute atomic E-state index is 0.226. The number of ether oxygens (including phenoxy) is 1. The Labute approximate surface area is 96.1 Å². The number of benzene rings is 1. The molecule has 3 N–H and O–H groups in total. The molecule has 0 fully saturated rings. The second-order valence-electron chi connectivity index (χ2n) is 2.83. The molecule has 0 aliphatic rings. The van der Waals surface area contributed by atoms with Gasteiger partial charge in [0.1, 0.15) is 5.71 Å². The maximum absolute atomic E-state index is 11.3. The Hall–Kier alpha value is -1.36. The van der Waals surface area contributed by atoms with Crippen molar-refractivity contribution in [1.29, 1.82) is 5.41 Å². The normalized spacial score (nSPS) is 9.73. The lowest BCUT2D eigenvalue weighted by Crippen LogP contribution is -2.18. The number of anilines is 1. The zero-order valence-electron chi connectivity index (χ0n) is 8.21. The summed E-state index contributed by atoms with van der Waals surface area (Å²) in [7, 11) is 0. The topological polar surface area (TPSA) is 76.2 Å². The van der Waals surface area contributed by atoms with Gasteiger partial charge >= 0.3 is 5.97 Å². The molecule has 4 nitrogen and oxygen atoms in total. The predicted octanol–water partition coefficient (Wildman–Crippen LogP) is 1.96. The van der Waals surface area contributed by atoms with Gasteiger partial charge in [0, 0.05) is 15.7 Å². The van der Waals surface area contributed by atoms with E-state index < -0.39 is 5.97 Å². The van der Waals surface area contributed by atoms with Gasteiger partial charge in [-0.2, -0.15) is 0 Å². The van der Waals surface area contributed by atoms with Crippen LogP contribution in [0, 0.1) is 5.41 Å². The molecule has 5 heteroatoms. The molecule has 0 radical (unpaired) electrons. The van der Waals surface area contributed by atoms with Gasteiger partial charge < -0.3 is 10.5 Å². The molecule has 1 rings (SSSR count). The van der Waals surface area contributed by atoms with Crippen LogP contribution in [0.25, 0.3) is 0 Å². The molecule has 0 spiro atoms. The summed E-state index contributed by atoms with van der Waals surface area (Å²) in [5.74, 6) is -0.665. The molecule has 0 unspecified atom stereocenters. The first kappa shape index (κ1) is 11.7. The van der Waals surface area contributed by atoms with Crippen molar-refractivity contribution in [1.82, 2.24) is 0 Å². The van der Waals surface area contributed by atoms with E-state index in [0.717, 1.165) is 4.47 Å². The highest BCUT2D eigenvalue weighted by molar-refractivity contribution is 9.10. The molecule has 0 aliphatic heterocycles. The van der Waals surface area contributed by atoms with Crippen molar-refractivity contribution in [2.45, 2.75) is 6.92 Å². The lowest BCUT2D eigenvalue weighted by Gasteiger charge is -2.07. The first-order valence-electron chi connectivity index (χ1n) is 4.37. The quantitative estimate of drug-likeness (QED) is 0.501. The molecular formula is C10H11BrN2O2. The molecule has 0 aliphatic carbocycles. The Bertz CT molecular complexity index is 404. The molecule has 0 amide bonds. The lowest BCUT2D eigenvalue weighted by molar-refractivity contribution is -0.135. The number of carbonyl (C=O) groups is 1. The zero-order valence-corrected chi connectivity index (χ0v) is 9.80. The molecule has 0 heterocycles. The van der Waals surface area contributed by atoms with Crippen LogP contribution in [0.3, 0.4) is 0 Å². The maximum atomic E-state index is 11.3. The fourth-order valence-electron chi connectivity index (χ4n) is 1.06. The van der Waals surface area contributed by atoms with Crippen molar-refractivity contribution < 1.29 is 9.53 Å². The summed E-state index contributed by atoms with van der Waals surface area (Å²) in [5.41, 5.74) is 6.19. The largest absolute Gasteiger partial charge is 0.461 e. The standard InChI is InChI=1S/C10H11BrN2O2/c1-2-15-10(14)9(13)7-5-6(11)3-4-8(7)12/h3-5,13H,2,12H2,1H3. The number of carbonyl (C=O) groups excluding carboxylic acids is 1. The smallest absolute Gasteiger partial charge is 0.356 e. The van der Waals surface area contributed by atoms with Gasteiger partial charge in [0.05, 0.1) is 6.61 Å². The van der Waals surface area contributed by atoms with Crippen LogP contribution in [0.15, 0.2) is 22.7 Å². The van der Waals surface area contributed by atoms with Gasteiger partial charge in [-0.3, -0.25) is 5.41 Å². The molecule has 80 valence electrons. The summed E-state index contributed by atoms with van der Waals surface area (Å²) in [6, 6.07) is 5.00. The number of nitrogen functional groups attached to an aromatic ring is 1. The third-order valence-corrected chi connectivity index (χ3v) is 2.26. The van der Waals surface area contributed by atoms with Gasteiger partial charge in [-0.05, 0) is 25.1 Å². The van der Waals surface area contributed by atoms with Gasteiger partial charge in [-0.15, -0.1) is 0 Å². The van der Waals surface area contributed by atoms with Crippen LogP contribution in [-0.2, 0) is 9.53 Å². The molecule has 0 bridgehead atoms. The highest BCUT2D eigenvalue weighted by Gasteiger charge is 2.15. The van der Waals surface area contributed by atoms with E-state index >= 15 is 0 Å². The van der Waals surface area contributed by atoms with E-state index in [1.54, 1.807) is 25.1 Å². The Morgan fingerprint density at radius 2 is 2.27 bits per heavy atom. The number of rotatable bonds is 3. The number of nitrogens with one attached hydrogen (secondary N) is 1. The van der Waals surface area contributed by atoms with Crippen molar-refractivity contribution in [3.05, 3.63) is 28.2 Å². The molecule has 0 atom stereocenters. The van der Waals surface area contributed by atoms with Gasteiger partial charge in [-0.25, -0.2) is 4.79 Å².